The number of nitrogens with one attached hydrogen (secondary N) is 2. The van der Waals surface area contributed by atoms with Crippen LogP contribution in [0.3, 0.4) is 0 Å². The molecule has 0 aromatic heterocycles. The van der Waals surface area contributed by atoms with Gasteiger partial charge in [0.25, 0.3) is 5.91 Å². The van der Waals surface area contributed by atoms with Gasteiger partial charge in [-0.25, -0.2) is 0 Å². The van der Waals surface area contributed by atoms with Crippen molar-refractivity contribution in [3.8, 4) is 11.5 Å². The lowest BCUT2D eigenvalue weighted by Gasteiger charge is -2.36. The van der Waals surface area contributed by atoms with Crippen LogP contribution in [-0.4, -0.2) is 48.6 Å². The van der Waals surface area contributed by atoms with Crippen LogP contribution in [0.2, 0.25) is 5.02 Å². The lowest BCUT2D eigenvalue weighted by atomic mass is 9.96. The Morgan fingerprint density at radius 3 is 2.62 bits per heavy atom. The van der Waals surface area contributed by atoms with Crippen LogP contribution in [0.4, 0.5) is 0 Å². The van der Waals surface area contributed by atoms with Crippen LogP contribution in [0.1, 0.15) is 35.2 Å². The average Bonchev–Trinajstić information content (AvgIpc) is 3.27. The largest absolute Gasteiger partial charge is 0.454 e. The van der Waals surface area contributed by atoms with E-state index in [0.717, 1.165) is 5.56 Å². The normalized spacial score (nSPS) is 21.8. The standard InChI is InChI=1S/C23H25ClN2O6/c24-16-4-1-14(2-5-16)11-25-22(28)10-17-6-7-18(21(12-27)32-17)26-23(29)15-3-8-19-20(9-15)31-13-30-19/h1-5,8-9,17-18,21,27H,6-7,10-13H2,(H,25,28)(H,26,29)/t17-,18+,21-/m0/s1. The molecule has 0 radical (unpaired) electrons. The van der Waals surface area contributed by atoms with Crippen LogP contribution in [0, 0.1) is 0 Å². The summed E-state index contributed by atoms with van der Waals surface area (Å²) in [7, 11) is 0. The molecule has 0 bridgehead atoms. The molecule has 9 heteroatoms. The SMILES string of the molecule is O=C(C[C@@H]1CC[C@@H](NC(=O)c2ccc3c(c2)OCO3)[C@H](CO)O1)NCc1ccc(Cl)cc1. The molecule has 32 heavy (non-hydrogen) atoms. The Bertz CT molecular complexity index is 967. The highest BCUT2D eigenvalue weighted by molar-refractivity contribution is 6.30. The fourth-order valence-electron chi connectivity index (χ4n) is 3.82. The van der Waals surface area contributed by atoms with Crippen molar-refractivity contribution in [1.82, 2.24) is 10.6 Å². The molecule has 0 aliphatic carbocycles. The topological polar surface area (TPSA) is 106 Å². The molecule has 1 saturated heterocycles. The Morgan fingerprint density at radius 2 is 1.84 bits per heavy atom. The van der Waals surface area contributed by atoms with E-state index in [-0.39, 0.29) is 43.8 Å². The molecule has 0 spiro atoms. The monoisotopic (exact) mass is 460 g/mol. The molecule has 2 aliphatic heterocycles. The van der Waals surface area contributed by atoms with Crippen molar-refractivity contribution in [2.24, 2.45) is 0 Å². The van der Waals surface area contributed by atoms with Gasteiger partial charge >= 0.3 is 0 Å². The van der Waals surface area contributed by atoms with E-state index in [0.29, 0.717) is 41.5 Å². The molecule has 4 rings (SSSR count). The summed E-state index contributed by atoms with van der Waals surface area (Å²) in [6.45, 7) is 0.285. The van der Waals surface area contributed by atoms with Crippen LogP contribution < -0.4 is 20.1 Å². The first-order valence-corrected chi connectivity index (χ1v) is 10.9. The number of carbonyl (C=O) groups is 2. The van der Waals surface area contributed by atoms with Gasteiger partial charge in [0.1, 0.15) is 6.10 Å². The molecule has 8 nitrogen and oxygen atoms in total. The molecule has 3 atom stereocenters. The number of hydrogen-bond donors (Lipinski definition) is 3. The Kier molecular flexibility index (Phi) is 7.14. The zero-order valence-electron chi connectivity index (χ0n) is 17.4. The van der Waals surface area contributed by atoms with Gasteiger partial charge in [-0.15, -0.1) is 0 Å². The Hall–Kier alpha value is -2.81. The first-order valence-electron chi connectivity index (χ1n) is 10.5. The van der Waals surface area contributed by atoms with Gasteiger partial charge < -0.3 is 30.0 Å². The second kappa shape index (κ2) is 10.2. The lowest BCUT2D eigenvalue weighted by Crippen LogP contribution is -2.51. The number of benzene rings is 2. The minimum Gasteiger partial charge on any atom is -0.454 e. The van der Waals surface area contributed by atoms with E-state index in [9.17, 15) is 14.7 Å². The predicted octanol–water partition coefficient (Wildman–Crippen LogP) is 2.41. The fourth-order valence-corrected chi connectivity index (χ4v) is 3.94. The summed E-state index contributed by atoms with van der Waals surface area (Å²) in [5.41, 5.74) is 1.39. The molecule has 3 N–H and O–H groups in total. The summed E-state index contributed by atoms with van der Waals surface area (Å²) in [4.78, 5) is 25.0. The van der Waals surface area contributed by atoms with Gasteiger partial charge in [0, 0.05) is 17.1 Å². The van der Waals surface area contributed by atoms with Crippen LogP contribution in [0.5, 0.6) is 11.5 Å². The number of amides is 2. The first kappa shape index (κ1) is 22.4. The lowest BCUT2D eigenvalue weighted by molar-refractivity contribution is -0.131. The van der Waals surface area contributed by atoms with E-state index in [1.807, 2.05) is 12.1 Å². The highest BCUT2D eigenvalue weighted by Gasteiger charge is 2.33. The van der Waals surface area contributed by atoms with Crippen LogP contribution in [0.15, 0.2) is 42.5 Å². The third kappa shape index (κ3) is 5.51. The summed E-state index contributed by atoms with van der Waals surface area (Å²) in [5, 5.41) is 16.2. The molecule has 2 aromatic rings. The van der Waals surface area contributed by atoms with Crippen molar-refractivity contribution in [3.63, 3.8) is 0 Å². The quantitative estimate of drug-likeness (QED) is 0.586. The van der Waals surface area contributed by atoms with Crippen molar-refractivity contribution in [2.75, 3.05) is 13.4 Å². The molecular formula is C23H25ClN2O6. The van der Waals surface area contributed by atoms with Gasteiger partial charge in [-0.2, -0.15) is 0 Å². The number of halogens is 1. The Balaban J connectivity index is 1.26. The minimum atomic E-state index is -0.587. The van der Waals surface area contributed by atoms with Gasteiger partial charge in [0.2, 0.25) is 12.7 Å². The summed E-state index contributed by atoms with van der Waals surface area (Å²) in [6, 6.07) is 11.9. The summed E-state index contributed by atoms with van der Waals surface area (Å²) >= 11 is 5.87. The zero-order valence-corrected chi connectivity index (χ0v) is 18.1. The molecule has 2 amide bonds. The molecule has 1 fully saturated rings. The van der Waals surface area contributed by atoms with Gasteiger partial charge in [0.15, 0.2) is 11.5 Å². The van der Waals surface area contributed by atoms with E-state index < -0.39 is 6.10 Å². The summed E-state index contributed by atoms with van der Waals surface area (Å²) in [5.74, 6) is 0.716. The highest BCUT2D eigenvalue weighted by atomic mass is 35.5. The van der Waals surface area contributed by atoms with E-state index in [2.05, 4.69) is 10.6 Å². The maximum atomic E-state index is 12.7. The molecular weight excluding hydrogens is 436 g/mol. The highest BCUT2D eigenvalue weighted by Crippen LogP contribution is 2.32. The summed E-state index contributed by atoms with van der Waals surface area (Å²) < 4.78 is 16.5. The number of rotatable bonds is 7. The minimum absolute atomic E-state index is 0.135. The van der Waals surface area contributed by atoms with Crippen LogP contribution >= 0.6 is 11.6 Å². The number of ether oxygens (including phenoxy) is 3. The average molecular weight is 461 g/mol. The molecule has 0 unspecified atom stereocenters. The van der Waals surface area contributed by atoms with Gasteiger partial charge in [0.05, 0.1) is 25.2 Å². The van der Waals surface area contributed by atoms with Crippen molar-refractivity contribution < 1.29 is 28.9 Å². The van der Waals surface area contributed by atoms with Crippen LogP contribution in [0.25, 0.3) is 0 Å². The second-order valence-electron chi connectivity index (χ2n) is 7.81. The van der Waals surface area contributed by atoms with Gasteiger partial charge in [-0.05, 0) is 48.7 Å². The molecule has 0 saturated carbocycles. The van der Waals surface area contributed by atoms with Crippen LogP contribution in [-0.2, 0) is 16.1 Å². The van der Waals surface area contributed by atoms with Gasteiger partial charge in [-0.1, -0.05) is 23.7 Å². The van der Waals surface area contributed by atoms with Crippen molar-refractivity contribution in [1.29, 1.82) is 0 Å². The van der Waals surface area contributed by atoms with Gasteiger partial charge in [-0.3, -0.25) is 9.59 Å². The first-order chi connectivity index (χ1) is 15.5. The third-order valence-electron chi connectivity index (χ3n) is 5.56. The van der Waals surface area contributed by atoms with E-state index >= 15 is 0 Å². The maximum absolute atomic E-state index is 12.7. The third-order valence-corrected chi connectivity index (χ3v) is 5.81. The van der Waals surface area contributed by atoms with Crippen molar-refractivity contribution >= 4 is 23.4 Å². The van der Waals surface area contributed by atoms with E-state index in [1.54, 1.807) is 30.3 Å². The molecule has 2 heterocycles. The zero-order chi connectivity index (χ0) is 22.5. The smallest absolute Gasteiger partial charge is 0.251 e. The van der Waals surface area contributed by atoms with E-state index in [4.69, 9.17) is 25.8 Å². The molecule has 170 valence electrons. The second-order valence-corrected chi connectivity index (χ2v) is 8.25. The maximum Gasteiger partial charge on any atom is 0.251 e. The number of hydrogen-bond acceptors (Lipinski definition) is 6. The van der Waals surface area contributed by atoms with E-state index in [1.165, 1.54) is 0 Å². The van der Waals surface area contributed by atoms with Crippen molar-refractivity contribution in [3.05, 3.63) is 58.6 Å². The Labute approximate surface area is 190 Å². The summed E-state index contributed by atoms with van der Waals surface area (Å²) in [6.07, 6.45) is 0.465. The number of aliphatic hydroxyl groups excluding tert-OH is 1. The Morgan fingerprint density at radius 1 is 1.06 bits per heavy atom. The van der Waals surface area contributed by atoms with Crippen molar-refractivity contribution in [2.45, 2.75) is 44.1 Å². The fraction of sp³-hybridized carbons (Fsp3) is 0.391. The molecule has 2 aliphatic rings. The molecule has 2 aromatic carbocycles. The number of carbonyl (C=O) groups excluding carboxylic acids is 2. The number of fused-ring (bicyclic) bond motifs is 1. The predicted molar refractivity (Wildman–Crippen MR) is 117 cm³/mol. The number of aliphatic hydroxyl groups is 1.